The first-order chi connectivity index (χ1) is 11.5. The van der Waals surface area contributed by atoms with E-state index >= 15 is 0 Å². The molecular formula is C16H17NO7. The van der Waals surface area contributed by atoms with E-state index in [4.69, 9.17) is 24.7 Å². The molecule has 6 aliphatic rings. The molecule has 11 atom stereocenters. The van der Waals surface area contributed by atoms with Crippen molar-refractivity contribution < 1.29 is 33.3 Å². The standard InChI is InChI=1S/C16H17NO7/c17-9-3-1-4-8(16(20)22-10(4)9)7(3)15(19)23-12-6-2-5-11(21-6)13(12)24-14(5)18/h3-13H,1-2,17H2. The third-order valence-corrected chi connectivity index (χ3v) is 6.98. The van der Waals surface area contributed by atoms with Crippen LogP contribution in [0.3, 0.4) is 0 Å². The third kappa shape index (κ3) is 1.37. The molecule has 2 aliphatic carbocycles. The maximum atomic E-state index is 12.8. The molecule has 8 nitrogen and oxygen atoms in total. The first kappa shape index (κ1) is 13.6. The van der Waals surface area contributed by atoms with Crippen LogP contribution in [0.2, 0.25) is 0 Å². The molecule has 4 bridgehead atoms. The SMILES string of the molecule is NC1C2CC3C1OC(=O)C3C2C(=O)OC1C2CC3C(=O)OC1C3O2. The molecule has 6 rings (SSSR count). The van der Waals surface area contributed by atoms with Gasteiger partial charge in [0.2, 0.25) is 0 Å². The highest BCUT2D eigenvalue weighted by atomic mass is 16.7. The lowest BCUT2D eigenvalue weighted by molar-refractivity contribution is -0.168. The van der Waals surface area contributed by atoms with Gasteiger partial charge in [0, 0.05) is 12.0 Å². The molecule has 2 saturated carbocycles. The summed E-state index contributed by atoms with van der Waals surface area (Å²) in [5.74, 6) is -2.30. The van der Waals surface area contributed by atoms with Crippen LogP contribution in [0.15, 0.2) is 0 Å². The number of nitrogens with two attached hydrogens (primary N) is 1. The minimum atomic E-state index is -0.575. The normalized spacial score (nSPS) is 58.3. The highest BCUT2D eigenvalue weighted by molar-refractivity contribution is 5.86. The Hall–Kier alpha value is -1.67. The Labute approximate surface area is 136 Å². The third-order valence-electron chi connectivity index (χ3n) is 6.98. The minimum absolute atomic E-state index is 0.0278. The summed E-state index contributed by atoms with van der Waals surface area (Å²) in [6.07, 6.45) is -0.676. The number of esters is 3. The number of hydrogen-bond donors (Lipinski definition) is 1. The summed E-state index contributed by atoms with van der Waals surface area (Å²) in [5, 5.41) is 0. The lowest BCUT2D eigenvalue weighted by Crippen LogP contribution is -2.48. The van der Waals surface area contributed by atoms with Gasteiger partial charge in [-0.15, -0.1) is 0 Å². The van der Waals surface area contributed by atoms with Gasteiger partial charge in [0.15, 0.2) is 12.2 Å². The summed E-state index contributed by atoms with van der Waals surface area (Å²) in [4.78, 5) is 36.7. The summed E-state index contributed by atoms with van der Waals surface area (Å²) in [6.45, 7) is 0. The molecule has 4 heterocycles. The Balaban J connectivity index is 1.25. The van der Waals surface area contributed by atoms with Crippen molar-refractivity contribution in [2.45, 2.75) is 49.4 Å². The van der Waals surface area contributed by atoms with Gasteiger partial charge in [-0.3, -0.25) is 14.4 Å². The predicted molar refractivity (Wildman–Crippen MR) is 73.0 cm³/mol. The fourth-order valence-corrected chi connectivity index (χ4v) is 6.02. The molecule has 6 fully saturated rings. The van der Waals surface area contributed by atoms with E-state index in [1.165, 1.54) is 0 Å². The van der Waals surface area contributed by atoms with E-state index in [0.717, 1.165) is 6.42 Å². The Morgan fingerprint density at radius 2 is 1.83 bits per heavy atom. The molecule has 8 heteroatoms. The van der Waals surface area contributed by atoms with Crippen LogP contribution in [0.1, 0.15) is 12.8 Å². The fraction of sp³-hybridized carbons (Fsp3) is 0.812. The number of fused-ring (bicyclic) bond motifs is 2. The zero-order valence-corrected chi connectivity index (χ0v) is 12.7. The van der Waals surface area contributed by atoms with Crippen molar-refractivity contribution in [2.24, 2.45) is 35.3 Å². The quantitative estimate of drug-likeness (QED) is 0.492. The lowest BCUT2D eigenvalue weighted by Gasteiger charge is -2.30. The minimum Gasteiger partial charge on any atom is -0.460 e. The lowest BCUT2D eigenvalue weighted by atomic mass is 9.77. The fourth-order valence-electron chi connectivity index (χ4n) is 6.02. The van der Waals surface area contributed by atoms with Crippen LogP contribution in [0.5, 0.6) is 0 Å². The Bertz CT molecular complexity index is 679. The zero-order valence-electron chi connectivity index (χ0n) is 12.7. The van der Waals surface area contributed by atoms with Crippen LogP contribution in [0, 0.1) is 29.6 Å². The summed E-state index contributed by atoms with van der Waals surface area (Å²) in [7, 11) is 0. The molecule has 4 saturated heterocycles. The largest absolute Gasteiger partial charge is 0.460 e. The zero-order chi connectivity index (χ0) is 16.3. The van der Waals surface area contributed by atoms with Gasteiger partial charge in [0.1, 0.15) is 12.2 Å². The summed E-state index contributed by atoms with van der Waals surface area (Å²) >= 11 is 0. The Morgan fingerprint density at radius 1 is 1.04 bits per heavy atom. The molecule has 0 amide bonds. The average molecular weight is 335 g/mol. The van der Waals surface area contributed by atoms with Crippen molar-refractivity contribution in [2.75, 3.05) is 0 Å². The number of rotatable bonds is 2. The second-order valence-electron chi connectivity index (χ2n) is 7.88. The topological polar surface area (TPSA) is 114 Å². The molecule has 24 heavy (non-hydrogen) atoms. The number of hydrogen-bond acceptors (Lipinski definition) is 8. The second kappa shape index (κ2) is 4.11. The average Bonchev–Trinajstić information content (AvgIpc) is 3.30. The first-order valence-corrected chi connectivity index (χ1v) is 8.57. The highest BCUT2D eigenvalue weighted by Gasteiger charge is 2.69. The van der Waals surface area contributed by atoms with Crippen molar-refractivity contribution in [1.29, 1.82) is 0 Å². The molecular weight excluding hydrogens is 318 g/mol. The molecule has 4 aliphatic heterocycles. The van der Waals surface area contributed by atoms with Crippen LogP contribution < -0.4 is 5.73 Å². The number of carbonyl (C=O) groups excluding carboxylic acids is 3. The number of carbonyl (C=O) groups is 3. The van der Waals surface area contributed by atoms with Crippen molar-refractivity contribution >= 4 is 17.9 Å². The molecule has 0 radical (unpaired) electrons. The molecule has 0 aromatic heterocycles. The van der Waals surface area contributed by atoms with Crippen LogP contribution >= 0.6 is 0 Å². The van der Waals surface area contributed by atoms with E-state index in [9.17, 15) is 14.4 Å². The van der Waals surface area contributed by atoms with E-state index < -0.39 is 30.0 Å². The highest BCUT2D eigenvalue weighted by Crippen LogP contribution is 2.58. The molecule has 0 spiro atoms. The van der Waals surface area contributed by atoms with Crippen molar-refractivity contribution in [3.05, 3.63) is 0 Å². The van der Waals surface area contributed by atoms with Gasteiger partial charge in [-0.05, 0) is 18.8 Å². The van der Waals surface area contributed by atoms with Gasteiger partial charge >= 0.3 is 17.9 Å². The summed E-state index contributed by atoms with van der Waals surface area (Å²) in [5.41, 5.74) is 6.16. The van der Waals surface area contributed by atoms with E-state index in [0.29, 0.717) is 6.42 Å². The maximum Gasteiger partial charge on any atom is 0.312 e. The van der Waals surface area contributed by atoms with Gasteiger partial charge in [-0.1, -0.05) is 0 Å². The van der Waals surface area contributed by atoms with E-state index in [1.54, 1.807) is 0 Å². The van der Waals surface area contributed by atoms with Crippen molar-refractivity contribution in [1.82, 2.24) is 0 Å². The van der Waals surface area contributed by atoms with E-state index in [-0.39, 0.29) is 54.0 Å². The Kier molecular flexibility index (Phi) is 2.33. The first-order valence-electron chi connectivity index (χ1n) is 8.57. The van der Waals surface area contributed by atoms with Crippen LogP contribution in [0.4, 0.5) is 0 Å². The molecule has 0 aromatic carbocycles. The molecule has 0 aromatic rings. The molecule has 128 valence electrons. The number of ether oxygens (including phenoxy) is 4. The van der Waals surface area contributed by atoms with Gasteiger partial charge in [0.05, 0.1) is 23.9 Å². The Morgan fingerprint density at radius 3 is 2.67 bits per heavy atom. The van der Waals surface area contributed by atoms with Crippen LogP contribution in [0.25, 0.3) is 0 Å². The van der Waals surface area contributed by atoms with Gasteiger partial charge in [-0.25, -0.2) is 0 Å². The van der Waals surface area contributed by atoms with Crippen molar-refractivity contribution in [3.63, 3.8) is 0 Å². The van der Waals surface area contributed by atoms with Gasteiger partial charge in [0.25, 0.3) is 0 Å². The van der Waals surface area contributed by atoms with E-state index in [2.05, 4.69) is 0 Å². The monoisotopic (exact) mass is 335 g/mol. The predicted octanol–water partition coefficient (Wildman–Crippen LogP) is -1.25. The van der Waals surface area contributed by atoms with Gasteiger partial charge in [-0.2, -0.15) is 0 Å². The summed E-state index contributed by atoms with van der Waals surface area (Å²) in [6, 6.07) is -0.305. The molecule has 11 unspecified atom stereocenters. The van der Waals surface area contributed by atoms with E-state index in [1.807, 2.05) is 0 Å². The molecule has 2 N–H and O–H groups in total. The van der Waals surface area contributed by atoms with Crippen LogP contribution in [-0.2, 0) is 33.3 Å². The maximum absolute atomic E-state index is 12.8. The van der Waals surface area contributed by atoms with Crippen LogP contribution in [-0.4, -0.2) is 54.5 Å². The smallest absolute Gasteiger partial charge is 0.312 e. The van der Waals surface area contributed by atoms with Gasteiger partial charge < -0.3 is 24.7 Å². The summed E-state index contributed by atoms with van der Waals surface area (Å²) < 4.78 is 22.1. The second-order valence-corrected chi connectivity index (χ2v) is 7.88. The van der Waals surface area contributed by atoms with Crippen molar-refractivity contribution in [3.8, 4) is 0 Å².